The number of hydrogen-bond donors (Lipinski definition) is 1. The minimum absolute atomic E-state index is 0.00690. The molecule has 3 heterocycles. The standard InChI is InChI=1S/C21H15N3O4S/c1-10-6-7-15-14(8-10)18(26)16-17(12-4-3-5-13(25)9-12)24(20(27)19(16)28-15)21-23-22-11(2)29-21/h3-9,17,25H,1-2H3. The molecular weight excluding hydrogens is 390 g/mol. The SMILES string of the molecule is Cc1ccc2oc3c(c(=O)c2c1)C(c1cccc(O)c1)N(c1nnc(C)s1)C3=O. The third-order valence-corrected chi connectivity index (χ3v) is 5.77. The average Bonchev–Trinajstić information content (AvgIpc) is 3.24. The number of anilines is 1. The summed E-state index contributed by atoms with van der Waals surface area (Å²) in [6.07, 6.45) is 0. The molecule has 1 atom stereocenters. The van der Waals surface area contributed by atoms with Crippen molar-refractivity contribution in [3.05, 3.63) is 80.1 Å². The largest absolute Gasteiger partial charge is 0.508 e. The molecule has 1 N–H and O–H groups in total. The zero-order chi connectivity index (χ0) is 20.3. The van der Waals surface area contributed by atoms with Crippen molar-refractivity contribution in [2.45, 2.75) is 19.9 Å². The van der Waals surface area contributed by atoms with E-state index in [1.54, 1.807) is 31.2 Å². The second kappa shape index (κ2) is 6.25. The highest BCUT2D eigenvalue weighted by Crippen LogP contribution is 2.42. The van der Waals surface area contributed by atoms with Crippen LogP contribution in [0, 0.1) is 13.8 Å². The Morgan fingerprint density at radius 3 is 2.66 bits per heavy atom. The van der Waals surface area contributed by atoms with E-state index in [0.717, 1.165) is 5.56 Å². The molecule has 0 saturated carbocycles. The van der Waals surface area contributed by atoms with Gasteiger partial charge in [-0.05, 0) is 43.7 Å². The van der Waals surface area contributed by atoms with E-state index in [1.807, 2.05) is 13.0 Å². The first kappa shape index (κ1) is 17.6. The van der Waals surface area contributed by atoms with Crippen molar-refractivity contribution in [3.63, 3.8) is 0 Å². The Hall–Kier alpha value is -3.52. The van der Waals surface area contributed by atoms with E-state index in [-0.39, 0.29) is 22.5 Å². The molecule has 1 aliphatic heterocycles. The highest BCUT2D eigenvalue weighted by molar-refractivity contribution is 7.15. The van der Waals surface area contributed by atoms with Gasteiger partial charge in [0.1, 0.15) is 16.3 Å². The van der Waals surface area contributed by atoms with Gasteiger partial charge in [0.25, 0.3) is 5.91 Å². The van der Waals surface area contributed by atoms with E-state index in [4.69, 9.17) is 4.42 Å². The zero-order valence-electron chi connectivity index (χ0n) is 15.5. The number of amides is 1. The Bertz CT molecular complexity index is 1360. The first-order chi connectivity index (χ1) is 13.9. The Balaban J connectivity index is 1.84. The van der Waals surface area contributed by atoms with Gasteiger partial charge in [-0.1, -0.05) is 35.1 Å². The Morgan fingerprint density at radius 1 is 1.10 bits per heavy atom. The minimum Gasteiger partial charge on any atom is -0.508 e. The van der Waals surface area contributed by atoms with Crippen molar-refractivity contribution >= 4 is 33.3 Å². The van der Waals surface area contributed by atoms with E-state index in [2.05, 4.69) is 10.2 Å². The fourth-order valence-corrected chi connectivity index (χ4v) is 4.39. The molecule has 0 fully saturated rings. The number of phenolic OH excluding ortho intramolecular Hbond substituents is 1. The van der Waals surface area contributed by atoms with Crippen LogP contribution in [0.25, 0.3) is 11.0 Å². The lowest BCUT2D eigenvalue weighted by atomic mass is 9.98. The molecular formula is C21H15N3O4S. The second-order valence-corrected chi connectivity index (χ2v) is 8.11. The van der Waals surface area contributed by atoms with Gasteiger partial charge in [-0.15, -0.1) is 10.2 Å². The van der Waals surface area contributed by atoms with Crippen molar-refractivity contribution in [2.75, 3.05) is 4.90 Å². The molecule has 8 heteroatoms. The zero-order valence-corrected chi connectivity index (χ0v) is 16.4. The van der Waals surface area contributed by atoms with Crippen LogP contribution in [-0.2, 0) is 0 Å². The number of phenols is 1. The maximum atomic E-state index is 13.4. The average molecular weight is 405 g/mol. The van der Waals surface area contributed by atoms with E-state index in [0.29, 0.717) is 26.7 Å². The fraction of sp³-hybridized carbons (Fsp3) is 0.143. The molecule has 1 amide bonds. The van der Waals surface area contributed by atoms with Crippen LogP contribution >= 0.6 is 11.3 Å². The minimum atomic E-state index is -0.766. The summed E-state index contributed by atoms with van der Waals surface area (Å²) >= 11 is 1.25. The molecule has 4 aromatic rings. The van der Waals surface area contributed by atoms with Gasteiger partial charge in [-0.25, -0.2) is 0 Å². The van der Waals surface area contributed by atoms with E-state index >= 15 is 0 Å². The van der Waals surface area contributed by atoms with Gasteiger partial charge >= 0.3 is 0 Å². The van der Waals surface area contributed by atoms with Crippen LogP contribution in [0.2, 0.25) is 0 Å². The van der Waals surface area contributed by atoms with Crippen molar-refractivity contribution < 1.29 is 14.3 Å². The Kier molecular flexibility index (Phi) is 3.78. The van der Waals surface area contributed by atoms with Gasteiger partial charge in [0, 0.05) is 0 Å². The second-order valence-electron chi connectivity index (χ2n) is 6.95. The van der Waals surface area contributed by atoms with E-state index in [1.165, 1.54) is 28.4 Å². The van der Waals surface area contributed by atoms with Crippen LogP contribution in [0.1, 0.15) is 38.3 Å². The molecule has 2 aromatic carbocycles. The number of nitrogens with zero attached hydrogens (tertiary/aromatic N) is 3. The highest BCUT2D eigenvalue weighted by atomic mass is 32.1. The number of aryl methyl sites for hydroxylation is 2. The lowest BCUT2D eigenvalue weighted by molar-refractivity contribution is 0.0970. The van der Waals surface area contributed by atoms with Crippen molar-refractivity contribution in [1.29, 1.82) is 0 Å². The van der Waals surface area contributed by atoms with Gasteiger partial charge in [0.05, 0.1) is 17.0 Å². The molecule has 0 aliphatic carbocycles. The Labute approximate surface area is 168 Å². The third-order valence-electron chi connectivity index (χ3n) is 4.93. The molecule has 1 unspecified atom stereocenters. The fourth-order valence-electron chi connectivity index (χ4n) is 3.68. The van der Waals surface area contributed by atoms with Crippen LogP contribution in [0.4, 0.5) is 5.13 Å². The van der Waals surface area contributed by atoms with Crippen LogP contribution in [0.3, 0.4) is 0 Å². The number of aromatic hydroxyl groups is 1. The van der Waals surface area contributed by atoms with Crippen LogP contribution in [0.15, 0.2) is 51.7 Å². The van der Waals surface area contributed by atoms with Gasteiger partial charge in [0.15, 0.2) is 5.43 Å². The summed E-state index contributed by atoms with van der Waals surface area (Å²) in [6, 6.07) is 11.0. The van der Waals surface area contributed by atoms with Crippen LogP contribution in [-0.4, -0.2) is 21.2 Å². The molecule has 2 aromatic heterocycles. The smallest absolute Gasteiger partial charge is 0.297 e. The summed E-state index contributed by atoms with van der Waals surface area (Å²) < 4.78 is 5.90. The number of aromatic nitrogens is 2. The lowest BCUT2D eigenvalue weighted by Crippen LogP contribution is -2.29. The maximum Gasteiger partial charge on any atom is 0.297 e. The molecule has 7 nitrogen and oxygen atoms in total. The Morgan fingerprint density at radius 2 is 1.93 bits per heavy atom. The van der Waals surface area contributed by atoms with Crippen molar-refractivity contribution in [1.82, 2.24) is 10.2 Å². The maximum absolute atomic E-state index is 13.4. The van der Waals surface area contributed by atoms with E-state index in [9.17, 15) is 14.7 Å². The number of benzene rings is 2. The van der Waals surface area contributed by atoms with Crippen molar-refractivity contribution in [3.8, 4) is 5.75 Å². The summed E-state index contributed by atoms with van der Waals surface area (Å²) in [6.45, 7) is 3.68. The highest BCUT2D eigenvalue weighted by Gasteiger charge is 2.45. The summed E-state index contributed by atoms with van der Waals surface area (Å²) in [7, 11) is 0. The predicted molar refractivity (Wildman–Crippen MR) is 109 cm³/mol. The molecule has 5 rings (SSSR count). The number of rotatable bonds is 2. The quantitative estimate of drug-likeness (QED) is 0.546. The van der Waals surface area contributed by atoms with Crippen LogP contribution in [0.5, 0.6) is 5.75 Å². The summed E-state index contributed by atoms with van der Waals surface area (Å²) in [5.41, 5.74) is 1.84. The van der Waals surface area contributed by atoms with E-state index < -0.39 is 11.9 Å². The number of carbonyl (C=O) groups is 1. The normalized spacial score (nSPS) is 15.9. The van der Waals surface area contributed by atoms with Crippen molar-refractivity contribution in [2.24, 2.45) is 0 Å². The predicted octanol–water partition coefficient (Wildman–Crippen LogP) is 3.72. The number of hydrogen-bond acceptors (Lipinski definition) is 7. The monoisotopic (exact) mass is 405 g/mol. The molecule has 29 heavy (non-hydrogen) atoms. The molecule has 0 spiro atoms. The lowest BCUT2D eigenvalue weighted by Gasteiger charge is -2.22. The topological polar surface area (TPSA) is 96.5 Å². The molecule has 144 valence electrons. The van der Waals surface area contributed by atoms with Gasteiger partial charge in [0.2, 0.25) is 10.9 Å². The molecule has 1 aliphatic rings. The summed E-state index contributed by atoms with van der Waals surface area (Å²) in [4.78, 5) is 28.2. The first-order valence-electron chi connectivity index (χ1n) is 8.94. The number of fused-ring (bicyclic) bond motifs is 2. The molecule has 0 bridgehead atoms. The summed E-state index contributed by atoms with van der Waals surface area (Å²) in [5, 5.41) is 19.6. The number of carbonyl (C=O) groups excluding carboxylic acids is 1. The molecule has 0 saturated heterocycles. The molecule has 0 radical (unpaired) electrons. The van der Waals surface area contributed by atoms with Gasteiger partial charge in [-0.3, -0.25) is 14.5 Å². The van der Waals surface area contributed by atoms with Crippen LogP contribution < -0.4 is 10.3 Å². The third kappa shape index (κ3) is 2.64. The first-order valence-corrected chi connectivity index (χ1v) is 9.75. The van der Waals surface area contributed by atoms with Gasteiger partial charge < -0.3 is 9.52 Å². The summed E-state index contributed by atoms with van der Waals surface area (Å²) in [5.74, 6) is -0.422. The van der Waals surface area contributed by atoms with Gasteiger partial charge in [-0.2, -0.15) is 0 Å².